The number of hydrogen-bond donors (Lipinski definition) is 0. The summed E-state index contributed by atoms with van der Waals surface area (Å²) >= 11 is 0. The Balaban J connectivity index is 1.28. The number of aromatic nitrogens is 3. The first kappa shape index (κ1) is 18.1. The van der Waals surface area contributed by atoms with Crippen LogP contribution in [0.1, 0.15) is 59.2 Å². The molecule has 144 valence electrons. The van der Waals surface area contributed by atoms with E-state index in [0.717, 1.165) is 75.7 Å². The van der Waals surface area contributed by atoms with Crippen molar-refractivity contribution in [1.82, 2.24) is 20.0 Å². The van der Waals surface area contributed by atoms with E-state index in [0.29, 0.717) is 17.4 Å². The minimum Gasteiger partial charge on any atom is -0.381 e. The number of hydrogen-bond acceptors (Lipinski definition) is 6. The first-order valence-electron chi connectivity index (χ1n) is 9.80. The molecule has 0 saturated carbocycles. The number of aryl methyl sites for hydroxylation is 2. The quantitative estimate of drug-likeness (QED) is 0.805. The molecule has 0 aromatic carbocycles. The van der Waals surface area contributed by atoms with E-state index in [1.54, 1.807) is 12.4 Å². The molecule has 0 N–H and O–H groups in total. The van der Waals surface area contributed by atoms with Crippen molar-refractivity contribution >= 4 is 5.91 Å². The van der Waals surface area contributed by atoms with Crippen LogP contribution in [0.3, 0.4) is 0 Å². The predicted molar refractivity (Wildman–Crippen MR) is 98.4 cm³/mol. The minimum absolute atomic E-state index is 0.0788. The summed E-state index contributed by atoms with van der Waals surface area (Å²) in [6.07, 6.45) is 8.12. The lowest BCUT2D eigenvalue weighted by Crippen LogP contribution is -2.28. The third-order valence-corrected chi connectivity index (χ3v) is 5.53. The molecule has 2 aromatic heterocycles. The second kappa shape index (κ2) is 8.17. The Labute approximate surface area is 159 Å². The fourth-order valence-electron chi connectivity index (χ4n) is 3.92. The molecular formula is C20H26N4O3. The molecule has 2 fully saturated rings. The van der Waals surface area contributed by atoms with Gasteiger partial charge in [-0.1, -0.05) is 5.16 Å². The lowest BCUT2D eigenvalue weighted by molar-refractivity contribution is 0.0778. The molecule has 2 aliphatic rings. The van der Waals surface area contributed by atoms with Crippen LogP contribution in [0.25, 0.3) is 0 Å². The number of nitrogens with zero attached hydrogens (tertiary/aromatic N) is 4. The molecule has 0 aliphatic carbocycles. The van der Waals surface area contributed by atoms with Gasteiger partial charge in [-0.3, -0.25) is 9.78 Å². The number of ether oxygens (including phenoxy) is 1. The maximum absolute atomic E-state index is 12.6. The predicted octanol–water partition coefficient (Wildman–Crippen LogP) is 2.76. The molecule has 4 rings (SSSR count). The summed E-state index contributed by atoms with van der Waals surface area (Å²) in [5.74, 6) is 2.43. The van der Waals surface area contributed by atoms with E-state index in [9.17, 15) is 4.79 Å². The number of likely N-dealkylation sites (tertiary alicyclic amines) is 1. The molecule has 7 nitrogen and oxygen atoms in total. The summed E-state index contributed by atoms with van der Waals surface area (Å²) in [6.45, 7) is 5.08. The number of carbonyl (C=O) groups excluding carboxylic acids is 1. The molecule has 0 spiro atoms. The van der Waals surface area contributed by atoms with Gasteiger partial charge in [0.25, 0.3) is 5.91 Å². The second-order valence-electron chi connectivity index (χ2n) is 7.63. The van der Waals surface area contributed by atoms with Crippen LogP contribution in [0, 0.1) is 12.8 Å². The Morgan fingerprint density at radius 1 is 1.26 bits per heavy atom. The highest BCUT2D eigenvalue weighted by atomic mass is 16.5. The second-order valence-corrected chi connectivity index (χ2v) is 7.63. The summed E-state index contributed by atoms with van der Waals surface area (Å²) in [7, 11) is 0. The number of rotatable bonds is 5. The van der Waals surface area contributed by atoms with Crippen molar-refractivity contribution < 1.29 is 14.1 Å². The van der Waals surface area contributed by atoms with Crippen molar-refractivity contribution in [3.63, 3.8) is 0 Å². The molecule has 27 heavy (non-hydrogen) atoms. The zero-order chi connectivity index (χ0) is 18.6. The molecule has 1 unspecified atom stereocenters. The van der Waals surface area contributed by atoms with Crippen LogP contribution < -0.4 is 0 Å². The molecule has 1 atom stereocenters. The van der Waals surface area contributed by atoms with Gasteiger partial charge in [0.1, 0.15) is 0 Å². The zero-order valence-electron chi connectivity index (χ0n) is 15.8. The monoisotopic (exact) mass is 370 g/mol. The van der Waals surface area contributed by atoms with Crippen molar-refractivity contribution in [1.29, 1.82) is 0 Å². The lowest BCUT2D eigenvalue weighted by atomic mass is 10.0. The van der Waals surface area contributed by atoms with Crippen LogP contribution >= 0.6 is 0 Å². The fourth-order valence-corrected chi connectivity index (χ4v) is 3.92. The van der Waals surface area contributed by atoms with Crippen molar-refractivity contribution in [3.05, 3.63) is 41.3 Å². The topological polar surface area (TPSA) is 81.4 Å². The molecule has 2 aliphatic heterocycles. The third kappa shape index (κ3) is 4.35. The number of amides is 1. The molecule has 0 radical (unpaired) electrons. The Hall–Kier alpha value is -2.28. The number of pyridine rings is 1. The molecule has 0 bridgehead atoms. The molecule has 7 heteroatoms. The Morgan fingerprint density at radius 2 is 2.11 bits per heavy atom. The summed E-state index contributed by atoms with van der Waals surface area (Å²) in [5, 5.41) is 4.15. The van der Waals surface area contributed by atoms with E-state index in [2.05, 4.69) is 15.1 Å². The van der Waals surface area contributed by atoms with Gasteiger partial charge >= 0.3 is 0 Å². The summed E-state index contributed by atoms with van der Waals surface area (Å²) in [4.78, 5) is 23.3. The summed E-state index contributed by atoms with van der Waals surface area (Å²) in [6, 6.07) is 1.90. The maximum Gasteiger partial charge on any atom is 0.255 e. The van der Waals surface area contributed by atoms with E-state index < -0.39 is 0 Å². The third-order valence-electron chi connectivity index (χ3n) is 5.53. The van der Waals surface area contributed by atoms with Gasteiger partial charge in [-0.15, -0.1) is 0 Å². The maximum atomic E-state index is 12.6. The first-order valence-corrected chi connectivity index (χ1v) is 9.80. The van der Waals surface area contributed by atoms with Gasteiger partial charge in [0, 0.05) is 51.0 Å². The van der Waals surface area contributed by atoms with Crippen molar-refractivity contribution in [2.24, 2.45) is 5.92 Å². The van der Waals surface area contributed by atoms with Gasteiger partial charge in [0.05, 0.1) is 5.56 Å². The Morgan fingerprint density at radius 3 is 2.93 bits per heavy atom. The Bertz CT molecular complexity index is 785. The standard InChI is InChI=1S/C20H26N4O3/c1-14-10-17(12-21-11-14)20(25)24-7-4-15(13-24)2-3-18-22-19(27-23-18)16-5-8-26-9-6-16/h10-12,15-16H,2-9,13H2,1H3. The van der Waals surface area contributed by atoms with Gasteiger partial charge in [0.15, 0.2) is 5.82 Å². The summed E-state index contributed by atoms with van der Waals surface area (Å²) < 4.78 is 10.8. The number of carbonyl (C=O) groups is 1. The van der Waals surface area contributed by atoms with Crippen LogP contribution in [-0.2, 0) is 11.2 Å². The highest BCUT2D eigenvalue weighted by Crippen LogP contribution is 2.26. The van der Waals surface area contributed by atoms with Gasteiger partial charge in [0.2, 0.25) is 5.89 Å². The smallest absolute Gasteiger partial charge is 0.255 e. The SMILES string of the molecule is Cc1cncc(C(=O)N2CCC(CCc3noc(C4CCOCC4)n3)C2)c1. The first-order chi connectivity index (χ1) is 13.2. The van der Waals surface area contributed by atoms with E-state index in [1.165, 1.54) is 0 Å². The molecular weight excluding hydrogens is 344 g/mol. The fraction of sp³-hybridized carbons (Fsp3) is 0.600. The van der Waals surface area contributed by atoms with E-state index >= 15 is 0 Å². The average Bonchev–Trinajstić information content (AvgIpc) is 3.36. The van der Waals surface area contributed by atoms with Crippen molar-refractivity contribution in [2.45, 2.75) is 44.9 Å². The van der Waals surface area contributed by atoms with Crippen molar-refractivity contribution in [3.8, 4) is 0 Å². The van der Waals surface area contributed by atoms with Gasteiger partial charge in [-0.2, -0.15) is 4.98 Å². The average molecular weight is 370 g/mol. The van der Waals surface area contributed by atoms with Gasteiger partial charge in [-0.05, 0) is 50.2 Å². The van der Waals surface area contributed by atoms with Crippen LogP contribution in [-0.4, -0.2) is 52.2 Å². The van der Waals surface area contributed by atoms with Gasteiger partial charge < -0.3 is 14.2 Å². The summed E-state index contributed by atoms with van der Waals surface area (Å²) in [5.41, 5.74) is 1.68. The highest BCUT2D eigenvalue weighted by molar-refractivity contribution is 5.94. The van der Waals surface area contributed by atoms with E-state index in [-0.39, 0.29) is 5.91 Å². The Kier molecular flexibility index (Phi) is 5.48. The van der Waals surface area contributed by atoms with E-state index in [1.807, 2.05) is 17.9 Å². The van der Waals surface area contributed by atoms with Crippen LogP contribution in [0.4, 0.5) is 0 Å². The van der Waals surface area contributed by atoms with Crippen LogP contribution in [0.2, 0.25) is 0 Å². The minimum atomic E-state index is 0.0788. The normalized spacial score (nSPS) is 20.9. The molecule has 1 amide bonds. The van der Waals surface area contributed by atoms with Crippen molar-refractivity contribution in [2.75, 3.05) is 26.3 Å². The highest BCUT2D eigenvalue weighted by Gasteiger charge is 2.28. The zero-order valence-corrected chi connectivity index (χ0v) is 15.8. The molecule has 2 saturated heterocycles. The van der Waals surface area contributed by atoms with E-state index in [4.69, 9.17) is 9.26 Å². The largest absolute Gasteiger partial charge is 0.381 e. The lowest BCUT2D eigenvalue weighted by Gasteiger charge is -2.18. The molecule has 2 aromatic rings. The van der Waals surface area contributed by atoms with Crippen LogP contribution in [0.5, 0.6) is 0 Å². The van der Waals surface area contributed by atoms with Gasteiger partial charge in [-0.25, -0.2) is 0 Å². The molecule has 4 heterocycles. The van der Waals surface area contributed by atoms with Crippen LogP contribution in [0.15, 0.2) is 23.0 Å².